The molecule has 0 saturated carbocycles. The Bertz CT molecular complexity index is 598. The topological polar surface area (TPSA) is 20.3 Å². The Hall–Kier alpha value is -0.630. The van der Waals surface area contributed by atoms with Gasteiger partial charge in [0, 0.05) is 13.7 Å². The molecule has 0 spiro atoms. The monoisotopic (exact) mass is 477 g/mol. The molecule has 98 valence electrons. The number of hydrogen-bond donors (Lipinski definition) is 0. The number of rotatable bonds is 3. The largest absolute Gasteiger partial charge is 0.308 e. The quantitative estimate of drug-likeness (QED) is 0.594. The van der Waals surface area contributed by atoms with E-state index in [9.17, 15) is 4.79 Å². The average Bonchev–Trinajstić information content (AvgIpc) is 2.42. The molecule has 0 aliphatic rings. The fraction of sp³-hybridized carbons (Fsp3) is 0.133. The van der Waals surface area contributed by atoms with Crippen LogP contribution in [0.5, 0.6) is 0 Å². The number of para-hydroxylation sites is 1. The van der Waals surface area contributed by atoms with Crippen molar-refractivity contribution in [3.05, 3.63) is 61.2 Å². The summed E-state index contributed by atoms with van der Waals surface area (Å²) in [7, 11) is 0. The van der Waals surface area contributed by atoms with Gasteiger partial charge in [-0.3, -0.25) is 4.79 Å². The molecule has 19 heavy (non-hydrogen) atoms. The van der Waals surface area contributed by atoms with Gasteiger partial charge >= 0.3 is 0 Å². The molecule has 2 aromatic carbocycles. The van der Waals surface area contributed by atoms with Gasteiger partial charge in [0.05, 0.1) is 11.3 Å². The summed E-state index contributed by atoms with van der Waals surface area (Å²) in [6, 6.07) is 15.6. The summed E-state index contributed by atoms with van der Waals surface area (Å²) in [5, 5.41) is 0. The number of hydrogen-bond acceptors (Lipinski definition) is 1. The average molecular weight is 477 g/mol. The normalized spacial score (nSPS) is 10.3. The molecule has 0 atom stereocenters. The smallest absolute Gasteiger partial charge is 0.259 e. The second-order valence-corrected chi connectivity index (χ2v) is 6.31. The first-order valence-corrected chi connectivity index (χ1v) is 8.11. The lowest BCUT2D eigenvalue weighted by Crippen LogP contribution is -2.31. The van der Waals surface area contributed by atoms with E-state index in [1.807, 2.05) is 60.4 Å². The van der Waals surface area contributed by atoms with Gasteiger partial charge in [-0.2, -0.15) is 0 Å². The first-order chi connectivity index (χ1) is 9.15. The number of amides is 1. The fourth-order valence-corrected chi connectivity index (χ4v) is 3.17. The van der Waals surface area contributed by atoms with Gasteiger partial charge in [0.15, 0.2) is 0 Å². The number of halogens is 2. The van der Waals surface area contributed by atoms with E-state index in [1.165, 1.54) is 0 Å². The molecule has 0 fully saturated rings. The third kappa shape index (κ3) is 3.28. The molecule has 4 heteroatoms. The molecule has 0 aliphatic heterocycles. The van der Waals surface area contributed by atoms with Crippen molar-refractivity contribution in [2.24, 2.45) is 0 Å². The van der Waals surface area contributed by atoms with E-state index in [-0.39, 0.29) is 5.91 Å². The van der Waals surface area contributed by atoms with Crippen molar-refractivity contribution in [3.8, 4) is 0 Å². The summed E-state index contributed by atoms with van der Waals surface area (Å²) in [5.41, 5.74) is 1.72. The predicted octanol–water partition coefficient (Wildman–Crippen LogP) is 4.56. The Morgan fingerprint density at radius 1 is 1.00 bits per heavy atom. The second-order valence-electron chi connectivity index (χ2n) is 3.98. The van der Waals surface area contributed by atoms with E-state index in [0.717, 1.165) is 18.4 Å². The molecule has 0 bridgehead atoms. The van der Waals surface area contributed by atoms with Gasteiger partial charge in [0.25, 0.3) is 5.91 Å². The summed E-state index contributed by atoms with van der Waals surface area (Å²) in [6.07, 6.45) is 0. The van der Waals surface area contributed by atoms with Crippen LogP contribution in [0.1, 0.15) is 17.3 Å². The van der Waals surface area contributed by atoms with Crippen LogP contribution < -0.4 is 4.90 Å². The van der Waals surface area contributed by atoms with Crippen LogP contribution in [0.2, 0.25) is 0 Å². The van der Waals surface area contributed by atoms with E-state index in [0.29, 0.717) is 6.54 Å². The minimum absolute atomic E-state index is 0.0524. The maximum absolute atomic E-state index is 12.7. The lowest BCUT2D eigenvalue weighted by Gasteiger charge is -2.23. The SMILES string of the molecule is CCN(C(=O)c1ccccc1I)c1ccccc1I. The minimum atomic E-state index is 0.0524. The predicted molar refractivity (Wildman–Crippen MR) is 95.7 cm³/mol. The van der Waals surface area contributed by atoms with Gasteiger partial charge in [0.2, 0.25) is 0 Å². The van der Waals surface area contributed by atoms with Crippen LogP contribution in [0.4, 0.5) is 5.69 Å². The van der Waals surface area contributed by atoms with Gasteiger partial charge in [-0.25, -0.2) is 0 Å². The third-order valence-electron chi connectivity index (χ3n) is 2.81. The Kier molecular flexibility index (Phi) is 5.20. The maximum atomic E-state index is 12.7. The van der Waals surface area contributed by atoms with Crippen LogP contribution in [-0.2, 0) is 0 Å². The summed E-state index contributed by atoms with van der Waals surface area (Å²) in [4.78, 5) is 14.5. The van der Waals surface area contributed by atoms with E-state index < -0.39 is 0 Å². The molecular weight excluding hydrogens is 464 g/mol. The first kappa shape index (κ1) is 14.8. The van der Waals surface area contributed by atoms with Gasteiger partial charge in [0.1, 0.15) is 0 Å². The van der Waals surface area contributed by atoms with E-state index in [1.54, 1.807) is 0 Å². The van der Waals surface area contributed by atoms with Crippen LogP contribution in [-0.4, -0.2) is 12.5 Å². The summed E-state index contributed by atoms with van der Waals surface area (Å²) < 4.78 is 2.07. The zero-order valence-corrected chi connectivity index (χ0v) is 14.8. The molecule has 0 heterocycles. The Morgan fingerprint density at radius 3 is 2.16 bits per heavy atom. The minimum Gasteiger partial charge on any atom is -0.308 e. The maximum Gasteiger partial charge on any atom is 0.259 e. The van der Waals surface area contributed by atoms with Crippen molar-refractivity contribution in [1.29, 1.82) is 0 Å². The van der Waals surface area contributed by atoms with Crippen LogP contribution in [0, 0.1) is 7.14 Å². The highest BCUT2D eigenvalue weighted by molar-refractivity contribution is 14.1. The molecular formula is C15H13I2NO. The second kappa shape index (κ2) is 6.69. The van der Waals surface area contributed by atoms with Gasteiger partial charge in [-0.15, -0.1) is 0 Å². The van der Waals surface area contributed by atoms with Gasteiger partial charge < -0.3 is 4.90 Å². The van der Waals surface area contributed by atoms with E-state index >= 15 is 0 Å². The highest BCUT2D eigenvalue weighted by atomic mass is 127. The lowest BCUT2D eigenvalue weighted by molar-refractivity contribution is 0.0987. The van der Waals surface area contributed by atoms with Crippen molar-refractivity contribution in [2.75, 3.05) is 11.4 Å². The molecule has 2 rings (SSSR count). The Morgan fingerprint density at radius 2 is 1.58 bits per heavy atom. The van der Waals surface area contributed by atoms with Crippen LogP contribution >= 0.6 is 45.2 Å². The van der Waals surface area contributed by atoms with E-state index in [2.05, 4.69) is 45.2 Å². The van der Waals surface area contributed by atoms with Crippen LogP contribution in [0.15, 0.2) is 48.5 Å². The lowest BCUT2D eigenvalue weighted by atomic mass is 10.2. The Balaban J connectivity index is 2.41. The number of benzene rings is 2. The summed E-state index contributed by atoms with van der Waals surface area (Å²) >= 11 is 4.47. The molecule has 1 amide bonds. The van der Waals surface area contributed by atoms with Crippen molar-refractivity contribution >= 4 is 56.8 Å². The molecule has 0 unspecified atom stereocenters. The number of carbonyl (C=O) groups is 1. The number of nitrogens with zero attached hydrogens (tertiary/aromatic N) is 1. The first-order valence-electron chi connectivity index (χ1n) is 5.96. The highest BCUT2D eigenvalue weighted by Crippen LogP contribution is 2.24. The van der Waals surface area contributed by atoms with Gasteiger partial charge in [-0.05, 0) is 76.4 Å². The zero-order valence-electron chi connectivity index (χ0n) is 10.4. The third-order valence-corrected chi connectivity index (χ3v) is 4.66. The molecule has 2 aromatic rings. The van der Waals surface area contributed by atoms with Gasteiger partial charge in [-0.1, -0.05) is 24.3 Å². The number of carbonyl (C=O) groups excluding carboxylic acids is 1. The fourth-order valence-electron chi connectivity index (χ4n) is 1.87. The highest BCUT2D eigenvalue weighted by Gasteiger charge is 2.19. The van der Waals surface area contributed by atoms with Crippen molar-refractivity contribution in [3.63, 3.8) is 0 Å². The molecule has 0 saturated heterocycles. The van der Waals surface area contributed by atoms with Crippen molar-refractivity contribution < 1.29 is 4.79 Å². The molecule has 0 N–H and O–H groups in total. The van der Waals surface area contributed by atoms with Crippen LogP contribution in [0.3, 0.4) is 0 Å². The number of anilines is 1. The summed E-state index contributed by atoms with van der Waals surface area (Å²) in [5.74, 6) is 0.0524. The molecule has 2 nitrogen and oxygen atoms in total. The summed E-state index contributed by atoms with van der Waals surface area (Å²) in [6.45, 7) is 2.65. The van der Waals surface area contributed by atoms with Crippen molar-refractivity contribution in [1.82, 2.24) is 0 Å². The standard InChI is InChI=1S/C15H13I2NO/c1-2-18(14-10-6-5-9-13(14)17)15(19)11-7-3-4-8-12(11)16/h3-10H,2H2,1H3. The van der Waals surface area contributed by atoms with Crippen molar-refractivity contribution in [2.45, 2.75) is 6.92 Å². The molecule has 0 radical (unpaired) electrons. The molecule has 0 aromatic heterocycles. The van der Waals surface area contributed by atoms with Crippen LogP contribution in [0.25, 0.3) is 0 Å². The zero-order chi connectivity index (χ0) is 13.8. The van der Waals surface area contributed by atoms with E-state index in [4.69, 9.17) is 0 Å². The molecule has 0 aliphatic carbocycles. The Labute approximate surface area is 140 Å².